The minimum Gasteiger partial charge on any atom is -0.321 e. The number of benzene rings is 1. The Morgan fingerprint density at radius 3 is 2.69 bits per heavy atom. The third-order valence-electron chi connectivity index (χ3n) is 1.59. The van der Waals surface area contributed by atoms with Crippen molar-refractivity contribution < 1.29 is 4.39 Å². The molecule has 1 aromatic rings. The molecule has 13 heavy (non-hydrogen) atoms. The van der Waals surface area contributed by atoms with Crippen molar-refractivity contribution >= 4 is 28.3 Å². The van der Waals surface area contributed by atoms with Gasteiger partial charge in [-0.3, -0.25) is 0 Å². The molecule has 0 aliphatic carbocycles. The maximum Gasteiger partial charge on any atom is 0.137 e. The molecule has 0 aliphatic heterocycles. The van der Waals surface area contributed by atoms with Crippen molar-refractivity contribution in [1.29, 1.82) is 0 Å². The van der Waals surface area contributed by atoms with Crippen LogP contribution in [-0.4, -0.2) is 0 Å². The Kier molecular flexibility index (Phi) is 5.21. The minimum atomic E-state index is -0.324. The van der Waals surface area contributed by atoms with Crippen LogP contribution in [0.5, 0.6) is 0 Å². The Hall–Kier alpha value is -0.380. The van der Waals surface area contributed by atoms with Crippen molar-refractivity contribution in [2.75, 3.05) is 0 Å². The highest BCUT2D eigenvalue weighted by atomic mass is 79.9. The lowest BCUT2D eigenvalue weighted by molar-refractivity contribution is 0.616. The van der Waals surface area contributed by atoms with Crippen LogP contribution in [-0.2, 0) is 0 Å². The zero-order valence-corrected chi connectivity index (χ0v) is 9.24. The second kappa shape index (κ2) is 5.37. The quantitative estimate of drug-likeness (QED) is 0.818. The Morgan fingerprint density at radius 1 is 1.54 bits per heavy atom. The van der Waals surface area contributed by atoms with E-state index in [9.17, 15) is 4.39 Å². The molecule has 0 amide bonds. The summed E-state index contributed by atoms with van der Waals surface area (Å²) < 4.78 is 13.4. The zero-order valence-electron chi connectivity index (χ0n) is 6.84. The van der Waals surface area contributed by atoms with Crippen molar-refractivity contribution in [3.8, 4) is 0 Å². The van der Waals surface area contributed by atoms with E-state index in [1.165, 1.54) is 6.07 Å². The van der Waals surface area contributed by atoms with Gasteiger partial charge in [-0.15, -0.1) is 19.0 Å². The normalized spacial score (nSPS) is 11.6. The molecular formula is C9H10BrClFN. The molecule has 0 unspecified atom stereocenters. The van der Waals surface area contributed by atoms with Crippen LogP contribution < -0.4 is 5.73 Å². The van der Waals surface area contributed by atoms with Crippen molar-refractivity contribution in [2.45, 2.75) is 6.04 Å². The van der Waals surface area contributed by atoms with Crippen LogP contribution in [0, 0.1) is 5.82 Å². The summed E-state index contributed by atoms with van der Waals surface area (Å²) in [5.74, 6) is -0.301. The van der Waals surface area contributed by atoms with Gasteiger partial charge in [-0.1, -0.05) is 18.2 Å². The first-order valence-corrected chi connectivity index (χ1v) is 4.28. The van der Waals surface area contributed by atoms with Crippen LogP contribution in [0.4, 0.5) is 4.39 Å². The van der Waals surface area contributed by atoms with Crippen LogP contribution in [0.3, 0.4) is 0 Å². The molecule has 1 rings (SSSR count). The summed E-state index contributed by atoms with van der Waals surface area (Å²) in [4.78, 5) is 0. The molecule has 1 atom stereocenters. The summed E-state index contributed by atoms with van der Waals surface area (Å²) in [7, 11) is 0. The topological polar surface area (TPSA) is 26.0 Å². The Balaban J connectivity index is 0.00000144. The van der Waals surface area contributed by atoms with Crippen LogP contribution in [0.2, 0.25) is 0 Å². The molecule has 0 fully saturated rings. The number of hydrogen-bond acceptors (Lipinski definition) is 1. The van der Waals surface area contributed by atoms with Crippen LogP contribution >= 0.6 is 28.3 Å². The largest absolute Gasteiger partial charge is 0.321 e. The van der Waals surface area contributed by atoms with E-state index in [0.29, 0.717) is 10.0 Å². The Morgan fingerprint density at radius 2 is 2.15 bits per heavy atom. The van der Waals surface area contributed by atoms with Crippen molar-refractivity contribution in [3.63, 3.8) is 0 Å². The highest BCUT2D eigenvalue weighted by Gasteiger charge is 2.08. The standard InChI is InChI=1S/C9H9BrFN.ClH/c1-2-8(12)6-4-3-5-7(11)9(6)10;/h2-5,8H,1,12H2;1H/t8-;/m1./s1. The first-order valence-electron chi connectivity index (χ1n) is 3.49. The molecule has 0 radical (unpaired) electrons. The summed E-state index contributed by atoms with van der Waals surface area (Å²) in [5, 5.41) is 0. The van der Waals surface area contributed by atoms with Gasteiger partial charge in [0.15, 0.2) is 0 Å². The third-order valence-corrected chi connectivity index (χ3v) is 2.43. The lowest BCUT2D eigenvalue weighted by Crippen LogP contribution is -2.07. The Labute approximate surface area is 91.4 Å². The summed E-state index contributed by atoms with van der Waals surface area (Å²) in [6, 6.07) is 4.44. The SMILES string of the molecule is C=C[C@@H](N)c1cccc(F)c1Br.Cl. The lowest BCUT2D eigenvalue weighted by atomic mass is 10.1. The van der Waals surface area contributed by atoms with E-state index in [1.54, 1.807) is 18.2 Å². The highest BCUT2D eigenvalue weighted by Crippen LogP contribution is 2.24. The molecule has 0 saturated carbocycles. The molecule has 1 nitrogen and oxygen atoms in total. The molecule has 0 aliphatic rings. The van der Waals surface area contributed by atoms with Crippen molar-refractivity contribution in [3.05, 3.63) is 46.7 Å². The molecule has 0 aromatic heterocycles. The summed E-state index contributed by atoms with van der Waals surface area (Å²) in [6.45, 7) is 3.54. The fourth-order valence-electron chi connectivity index (χ4n) is 0.905. The van der Waals surface area contributed by atoms with Gasteiger partial charge in [0.05, 0.1) is 4.47 Å². The van der Waals surface area contributed by atoms with Crippen LogP contribution in [0.15, 0.2) is 35.3 Å². The van der Waals surface area contributed by atoms with Gasteiger partial charge in [-0.2, -0.15) is 0 Å². The number of hydrogen-bond donors (Lipinski definition) is 1. The lowest BCUT2D eigenvalue weighted by Gasteiger charge is -2.08. The van der Waals surface area contributed by atoms with Gasteiger partial charge in [0.25, 0.3) is 0 Å². The molecule has 1 aromatic carbocycles. The van der Waals surface area contributed by atoms with E-state index >= 15 is 0 Å². The minimum absolute atomic E-state index is 0. The number of rotatable bonds is 2. The van der Waals surface area contributed by atoms with E-state index in [0.717, 1.165) is 0 Å². The monoisotopic (exact) mass is 265 g/mol. The first-order chi connectivity index (χ1) is 5.66. The predicted octanol–water partition coefficient (Wildman–Crippen LogP) is 3.20. The fraction of sp³-hybridized carbons (Fsp3) is 0.111. The van der Waals surface area contributed by atoms with Gasteiger partial charge in [-0.25, -0.2) is 4.39 Å². The summed E-state index contributed by atoms with van der Waals surface area (Å²) >= 11 is 3.12. The highest BCUT2D eigenvalue weighted by molar-refractivity contribution is 9.10. The number of nitrogens with two attached hydrogens (primary N) is 1. The Bertz CT molecular complexity index is 304. The van der Waals surface area contributed by atoms with E-state index in [1.807, 2.05) is 0 Å². The molecule has 4 heteroatoms. The molecular weight excluding hydrogens is 256 g/mol. The van der Waals surface area contributed by atoms with Gasteiger partial charge in [0.1, 0.15) is 5.82 Å². The van der Waals surface area contributed by atoms with Crippen LogP contribution in [0.25, 0.3) is 0 Å². The van der Waals surface area contributed by atoms with E-state index in [4.69, 9.17) is 5.73 Å². The van der Waals surface area contributed by atoms with Crippen LogP contribution in [0.1, 0.15) is 11.6 Å². The van der Waals surface area contributed by atoms with E-state index in [2.05, 4.69) is 22.5 Å². The average Bonchev–Trinajstić information content (AvgIpc) is 2.08. The molecule has 0 spiro atoms. The second-order valence-corrected chi connectivity index (χ2v) is 3.20. The van der Waals surface area contributed by atoms with Crippen molar-refractivity contribution in [1.82, 2.24) is 0 Å². The molecule has 2 N–H and O–H groups in total. The van der Waals surface area contributed by atoms with E-state index in [-0.39, 0.29) is 24.3 Å². The number of halogens is 3. The maximum absolute atomic E-state index is 12.9. The maximum atomic E-state index is 12.9. The van der Waals surface area contributed by atoms with E-state index < -0.39 is 0 Å². The predicted molar refractivity (Wildman–Crippen MR) is 58.5 cm³/mol. The average molecular weight is 267 g/mol. The van der Waals surface area contributed by atoms with Gasteiger partial charge >= 0.3 is 0 Å². The van der Waals surface area contributed by atoms with Gasteiger partial charge in [-0.05, 0) is 27.6 Å². The summed E-state index contributed by atoms with van der Waals surface area (Å²) in [5.41, 5.74) is 6.36. The van der Waals surface area contributed by atoms with Gasteiger partial charge < -0.3 is 5.73 Å². The summed E-state index contributed by atoms with van der Waals surface area (Å²) in [6.07, 6.45) is 1.57. The smallest absolute Gasteiger partial charge is 0.137 e. The van der Waals surface area contributed by atoms with Crippen molar-refractivity contribution in [2.24, 2.45) is 5.73 Å². The molecule has 0 saturated heterocycles. The third kappa shape index (κ3) is 2.79. The molecule has 0 heterocycles. The molecule has 0 bridgehead atoms. The fourth-order valence-corrected chi connectivity index (χ4v) is 1.43. The first kappa shape index (κ1) is 12.6. The molecule has 72 valence electrons. The van der Waals surface area contributed by atoms with Gasteiger partial charge in [0.2, 0.25) is 0 Å². The zero-order chi connectivity index (χ0) is 9.14. The van der Waals surface area contributed by atoms with Gasteiger partial charge in [0, 0.05) is 6.04 Å². The second-order valence-electron chi connectivity index (χ2n) is 2.40.